The molecule has 1 saturated heterocycles. The van der Waals surface area contributed by atoms with Crippen LogP contribution in [0.1, 0.15) is 31.8 Å². The van der Waals surface area contributed by atoms with Gasteiger partial charge in [0.25, 0.3) is 11.8 Å². The topological polar surface area (TPSA) is 52.7 Å². The Labute approximate surface area is 169 Å². The second kappa shape index (κ2) is 6.71. The van der Waals surface area contributed by atoms with Crippen LogP contribution in [0.15, 0.2) is 48.5 Å². The van der Waals surface area contributed by atoms with E-state index < -0.39 is 0 Å². The van der Waals surface area contributed by atoms with Gasteiger partial charge >= 0.3 is 0 Å². The van der Waals surface area contributed by atoms with Crippen molar-refractivity contribution in [3.8, 4) is 0 Å². The van der Waals surface area contributed by atoms with E-state index in [1.165, 1.54) is 4.90 Å². The van der Waals surface area contributed by atoms with Gasteiger partial charge < -0.3 is 10.2 Å². The van der Waals surface area contributed by atoms with Crippen molar-refractivity contribution >= 4 is 34.0 Å². The zero-order valence-electron chi connectivity index (χ0n) is 16.7. The Morgan fingerprint density at radius 2 is 1.52 bits per heavy atom. The Kier molecular flexibility index (Phi) is 4.14. The maximum Gasteiger partial charge on any atom is 0.265 e. The van der Waals surface area contributed by atoms with Gasteiger partial charge in [0, 0.05) is 53.8 Å². The van der Waals surface area contributed by atoms with Gasteiger partial charge in [-0.2, -0.15) is 0 Å². The molecule has 0 unspecified atom stereocenters. The lowest BCUT2D eigenvalue weighted by Gasteiger charge is -2.33. The molecule has 1 fully saturated rings. The normalized spacial score (nSPS) is 16.6. The molecule has 5 nitrogen and oxygen atoms in total. The third-order valence-corrected chi connectivity index (χ3v) is 5.94. The summed E-state index contributed by atoms with van der Waals surface area (Å²) in [6.45, 7) is 7.63. The van der Waals surface area contributed by atoms with E-state index in [4.69, 9.17) is 0 Å². The summed E-state index contributed by atoms with van der Waals surface area (Å²) in [5.74, 6) is -0.505. The molecule has 3 aromatic carbocycles. The standard InChI is InChI=1S/C24H23N3O2/c1-15-6-8-20(16(2)14-15)27-23(28)18-5-3-4-17-21(26-12-10-25-11-13-26)9-7-19(22(17)18)24(27)29/h3-9,14,25H,10-13H2,1-2H3. The number of hydrogen-bond acceptors (Lipinski definition) is 4. The average molecular weight is 385 g/mol. The molecule has 2 heterocycles. The minimum absolute atomic E-state index is 0.252. The monoisotopic (exact) mass is 385 g/mol. The van der Waals surface area contributed by atoms with Crippen LogP contribution in [0.2, 0.25) is 0 Å². The molecular weight excluding hydrogens is 362 g/mol. The first-order valence-electron chi connectivity index (χ1n) is 10.0. The van der Waals surface area contributed by atoms with Gasteiger partial charge in [0.15, 0.2) is 0 Å². The van der Waals surface area contributed by atoms with Gasteiger partial charge in [0.05, 0.1) is 5.69 Å². The number of nitrogens with one attached hydrogen (secondary N) is 1. The number of carbonyl (C=O) groups is 2. The summed E-state index contributed by atoms with van der Waals surface area (Å²) in [6.07, 6.45) is 0. The minimum atomic E-state index is -0.252. The van der Waals surface area contributed by atoms with E-state index in [2.05, 4.69) is 10.2 Å². The van der Waals surface area contributed by atoms with Gasteiger partial charge in [-0.1, -0.05) is 29.8 Å². The van der Waals surface area contributed by atoms with Gasteiger partial charge in [0.1, 0.15) is 0 Å². The summed E-state index contributed by atoms with van der Waals surface area (Å²) in [5, 5.41) is 5.12. The Morgan fingerprint density at radius 1 is 0.828 bits per heavy atom. The second-order valence-corrected chi connectivity index (χ2v) is 7.83. The molecule has 5 rings (SSSR count). The Hall–Kier alpha value is -3.18. The molecule has 0 bridgehead atoms. The van der Waals surface area contributed by atoms with Gasteiger partial charge in [-0.3, -0.25) is 9.59 Å². The number of imide groups is 1. The van der Waals surface area contributed by atoms with Crippen molar-refractivity contribution < 1.29 is 9.59 Å². The lowest BCUT2D eigenvalue weighted by Crippen LogP contribution is -2.44. The number of carbonyl (C=O) groups excluding carboxylic acids is 2. The predicted octanol–water partition coefficient (Wildman–Crippen LogP) is 3.67. The van der Waals surface area contributed by atoms with Gasteiger partial charge in [-0.15, -0.1) is 0 Å². The maximum absolute atomic E-state index is 13.4. The maximum atomic E-state index is 13.4. The fourth-order valence-electron chi connectivity index (χ4n) is 4.54. The number of benzene rings is 3. The zero-order valence-corrected chi connectivity index (χ0v) is 16.7. The summed E-state index contributed by atoms with van der Waals surface area (Å²) >= 11 is 0. The molecule has 1 N–H and O–H groups in total. The molecule has 146 valence electrons. The molecule has 2 aliphatic heterocycles. The fourth-order valence-corrected chi connectivity index (χ4v) is 4.54. The lowest BCUT2D eigenvalue weighted by molar-refractivity contribution is 0.0893. The van der Waals surface area contributed by atoms with E-state index in [0.29, 0.717) is 16.8 Å². The molecule has 0 aliphatic carbocycles. The van der Waals surface area contributed by atoms with E-state index >= 15 is 0 Å². The van der Waals surface area contributed by atoms with Crippen LogP contribution in [-0.4, -0.2) is 38.0 Å². The SMILES string of the molecule is Cc1ccc(N2C(=O)c3cccc4c(N5CCNCC5)ccc(c34)C2=O)c(C)c1. The van der Waals surface area contributed by atoms with Crippen LogP contribution in [0.3, 0.4) is 0 Å². The molecule has 29 heavy (non-hydrogen) atoms. The molecule has 0 spiro atoms. The third kappa shape index (κ3) is 2.73. The zero-order chi connectivity index (χ0) is 20.1. The smallest absolute Gasteiger partial charge is 0.265 e. The summed E-state index contributed by atoms with van der Waals surface area (Å²) in [5.41, 5.74) is 4.95. The molecule has 2 aliphatic rings. The highest BCUT2D eigenvalue weighted by molar-refractivity contribution is 6.36. The first-order chi connectivity index (χ1) is 14.1. The van der Waals surface area contributed by atoms with Crippen LogP contribution >= 0.6 is 0 Å². The molecule has 0 saturated carbocycles. The van der Waals surface area contributed by atoms with E-state index in [-0.39, 0.29) is 11.8 Å². The van der Waals surface area contributed by atoms with E-state index in [0.717, 1.165) is 53.8 Å². The van der Waals surface area contributed by atoms with Crippen molar-refractivity contribution in [3.05, 3.63) is 70.8 Å². The van der Waals surface area contributed by atoms with Gasteiger partial charge in [0.2, 0.25) is 0 Å². The van der Waals surface area contributed by atoms with Crippen LogP contribution in [0, 0.1) is 13.8 Å². The van der Waals surface area contributed by atoms with Crippen LogP contribution in [0.4, 0.5) is 11.4 Å². The quantitative estimate of drug-likeness (QED) is 0.684. The number of amides is 2. The second-order valence-electron chi connectivity index (χ2n) is 7.83. The van der Waals surface area contributed by atoms with E-state index in [9.17, 15) is 9.59 Å². The highest BCUT2D eigenvalue weighted by Gasteiger charge is 2.35. The van der Waals surface area contributed by atoms with Crippen molar-refractivity contribution in [1.82, 2.24) is 5.32 Å². The number of nitrogens with zero attached hydrogens (tertiary/aromatic N) is 2. The van der Waals surface area contributed by atoms with E-state index in [1.807, 2.05) is 62.4 Å². The molecule has 0 atom stereocenters. The molecule has 0 aromatic heterocycles. The van der Waals surface area contributed by atoms with Crippen LogP contribution in [0.25, 0.3) is 10.8 Å². The number of hydrogen-bond donors (Lipinski definition) is 1. The highest BCUT2D eigenvalue weighted by Crippen LogP contribution is 2.38. The number of anilines is 2. The summed E-state index contributed by atoms with van der Waals surface area (Å²) < 4.78 is 0. The molecule has 2 amide bonds. The summed E-state index contributed by atoms with van der Waals surface area (Å²) in [4.78, 5) is 30.5. The minimum Gasteiger partial charge on any atom is -0.368 e. The van der Waals surface area contributed by atoms with Crippen LogP contribution in [0.5, 0.6) is 0 Å². The van der Waals surface area contributed by atoms with E-state index in [1.54, 1.807) is 0 Å². The summed E-state index contributed by atoms with van der Waals surface area (Å²) in [7, 11) is 0. The molecular formula is C24H23N3O2. The first kappa shape index (κ1) is 17.9. The number of rotatable bonds is 2. The fraction of sp³-hybridized carbons (Fsp3) is 0.250. The third-order valence-electron chi connectivity index (χ3n) is 5.94. The molecule has 0 radical (unpaired) electrons. The van der Waals surface area contributed by atoms with Crippen molar-refractivity contribution in [2.24, 2.45) is 0 Å². The highest BCUT2D eigenvalue weighted by atomic mass is 16.2. The summed E-state index contributed by atoms with van der Waals surface area (Å²) in [6, 6.07) is 15.5. The first-order valence-corrected chi connectivity index (χ1v) is 10.0. The van der Waals surface area contributed by atoms with Crippen molar-refractivity contribution in [1.29, 1.82) is 0 Å². The van der Waals surface area contributed by atoms with Crippen molar-refractivity contribution in [3.63, 3.8) is 0 Å². The van der Waals surface area contributed by atoms with Crippen LogP contribution < -0.4 is 15.1 Å². The number of piperazine rings is 1. The Balaban J connectivity index is 1.69. The van der Waals surface area contributed by atoms with Crippen LogP contribution in [-0.2, 0) is 0 Å². The molecule has 3 aromatic rings. The lowest BCUT2D eigenvalue weighted by atomic mass is 9.92. The van der Waals surface area contributed by atoms with Gasteiger partial charge in [-0.05, 0) is 43.7 Å². The Bertz CT molecular complexity index is 1140. The van der Waals surface area contributed by atoms with Crippen molar-refractivity contribution in [2.45, 2.75) is 13.8 Å². The average Bonchev–Trinajstić information content (AvgIpc) is 2.73. The largest absolute Gasteiger partial charge is 0.368 e. The van der Waals surface area contributed by atoms with Gasteiger partial charge in [-0.25, -0.2) is 4.90 Å². The molecule has 5 heteroatoms. The number of aryl methyl sites for hydroxylation is 2. The predicted molar refractivity (Wildman–Crippen MR) is 116 cm³/mol. The van der Waals surface area contributed by atoms with Crippen molar-refractivity contribution in [2.75, 3.05) is 36.0 Å². The Morgan fingerprint density at radius 3 is 2.24 bits per heavy atom.